The first-order chi connectivity index (χ1) is 15.2. The van der Waals surface area contributed by atoms with Crippen LogP contribution in [-0.4, -0.2) is 25.4 Å². The molecule has 1 N–H and O–H groups in total. The third-order valence-corrected chi connectivity index (χ3v) is 7.26. The molecule has 5 rings (SSSR count). The van der Waals surface area contributed by atoms with Crippen molar-refractivity contribution in [2.75, 3.05) is 0 Å². The monoisotopic (exact) mass is 465 g/mol. The van der Waals surface area contributed by atoms with E-state index in [1.54, 1.807) is 23.7 Å². The number of carbonyl (C=O) groups excluding carboxylic acids is 1. The highest BCUT2D eigenvalue weighted by Gasteiger charge is 2.15. The summed E-state index contributed by atoms with van der Waals surface area (Å²) in [5, 5.41) is 10.0. The minimum atomic E-state index is -0.267. The average molecular weight is 466 g/mol. The quantitative estimate of drug-likeness (QED) is 0.409. The van der Waals surface area contributed by atoms with Crippen LogP contribution in [0, 0.1) is 0 Å². The van der Waals surface area contributed by atoms with Gasteiger partial charge < -0.3 is 5.32 Å². The smallest absolute Gasteiger partial charge is 0.263 e. The predicted molar refractivity (Wildman–Crippen MR) is 124 cm³/mol. The summed E-state index contributed by atoms with van der Waals surface area (Å²) >= 11 is 4.48. The number of pyridine rings is 1. The molecule has 0 atom stereocenters. The van der Waals surface area contributed by atoms with Crippen LogP contribution >= 0.6 is 34.0 Å². The van der Waals surface area contributed by atoms with Crippen LogP contribution in [0.15, 0.2) is 63.9 Å². The van der Waals surface area contributed by atoms with Crippen molar-refractivity contribution in [3.05, 3.63) is 74.5 Å². The van der Waals surface area contributed by atoms with Crippen LogP contribution in [-0.2, 0) is 17.9 Å². The molecule has 0 aliphatic heterocycles. The molecule has 5 heterocycles. The molecule has 10 heteroatoms. The number of thiophene rings is 2. The second-order valence-electron chi connectivity index (χ2n) is 6.62. The van der Waals surface area contributed by atoms with E-state index in [0.717, 1.165) is 26.7 Å². The van der Waals surface area contributed by atoms with Gasteiger partial charge in [0.2, 0.25) is 5.91 Å². The first kappa shape index (κ1) is 19.7. The van der Waals surface area contributed by atoms with Gasteiger partial charge in [0.1, 0.15) is 16.4 Å². The van der Waals surface area contributed by atoms with E-state index in [-0.39, 0.29) is 18.0 Å². The third kappa shape index (κ3) is 4.05. The van der Waals surface area contributed by atoms with E-state index in [2.05, 4.69) is 20.3 Å². The lowest BCUT2D eigenvalue weighted by Crippen LogP contribution is -2.32. The standard InChI is InChI=1S/C21H15N5O2S3/c27-17(23-8-18-25-15(11-30-18)13-3-5-22-6-4-13)9-26-12-24-20-19(21(26)28)14(10-31-20)16-2-1-7-29-16/h1-7,10-12H,8-9H2,(H,23,27). The maximum absolute atomic E-state index is 13.0. The Labute approximate surface area is 188 Å². The Morgan fingerprint density at radius 2 is 1.97 bits per heavy atom. The summed E-state index contributed by atoms with van der Waals surface area (Å²) < 4.78 is 1.35. The van der Waals surface area contributed by atoms with Crippen LogP contribution in [0.1, 0.15) is 5.01 Å². The molecule has 0 radical (unpaired) electrons. The summed E-state index contributed by atoms with van der Waals surface area (Å²) in [6.07, 6.45) is 4.87. The van der Waals surface area contributed by atoms with Gasteiger partial charge in [0, 0.05) is 39.2 Å². The van der Waals surface area contributed by atoms with Crippen LogP contribution in [0.25, 0.3) is 31.9 Å². The van der Waals surface area contributed by atoms with E-state index in [0.29, 0.717) is 16.8 Å². The molecule has 0 aromatic carbocycles. The van der Waals surface area contributed by atoms with E-state index in [1.165, 1.54) is 33.6 Å². The number of hydrogen-bond donors (Lipinski definition) is 1. The molecule has 1 amide bonds. The van der Waals surface area contributed by atoms with Crippen LogP contribution in [0.5, 0.6) is 0 Å². The fraction of sp³-hybridized carbons (Fsp3) is 0.0952. The molecule has 5 aromatic rings. The van der Waals surface area contributed by atoms with E-state index in [9.17, 15) is 9.59 Å². The summed E-state index contributed by atoms with van der Waals surface area (Å²) in [4.78, 5) is 40.1. The Morgan fingerprint density at radius 1 is 1.10 bits per heavy atom. The summed E-state index contributed by atoms with van der Waals surface area (Å²) in [5.41, 5.74) is 2.49. The highest BCUT2D eigenvalue weighted by atomic mass is 32.1. The Balaban J connectivity index is 1.30. The van der Waals surface area contributed by atoms with Gasteiger partial charge in [-0.05, 0) is 23.6 Å². The van der Waals surface area contributed by atoms with Crippen molar-refractivity contribution < 1.29 is 4.79 Å². The zero-order valence-corrected chi connectivity index (χ0v) is 18.5. The predicted octanol–water partition coefficient (Wildman–Crippen LogP) is 4.02. The average Bonchev–Trinajstić information content (AvgIpc) is 3.55. The van der Waals surface area contributed by atoms with Crippen molar-refractivity contribution in [3.63, 3.8) is 0 Å². The Morgan fingerprint density at radius 3 is 2.77 bits per heavy atom. The molecule has 7 nitrogen and oxygen atoms in total. The fourth-order valence-electron chi connectivity index (χ4n) is 3.13. The summed E-state index contributed by atoms with van der Waals surface area (Å²) in [7, 11) is 0. The lowest BCUT2D eigenvalue weighted by molar-refractivity contribution is -0.121. The Hall–Kier alpha value is -3.21. The molecule has 0 fully saturated rings. The van der Waals surface area contributed by atoms with Crippen LogP contribution in [0.3, 0.4) is 0 Å². The van der Waals surface area contributed by atoms with Gasteiger partial charge >= 0.3 is 0 Å². The molecule has 0 saturated carbocycles. The molecule has 5 aromatic heterocycles. The largest absolute Gasteiger partial charge is 0.348 e. The van der Waals surface area contributed by atoms with E-state index < -0.39 is 0 Å². The number of rotatable bonds is 6. The Bertz CT molecular complexity index is 1400. The highest BCUT2D eigenvalue weighted by molar-refractivity contribution is 7.18. The van der Waals surface area contributed by atoms with Crippen LogP contribution in [0.4, 0.5) is 0 Å². The van der Waals surface area contributed by atoms with Gasteiger partial charge in [-0.2, -0.15) is 0 Å². The van der Waals surface area contributed by atoms with Gasteiger partial charge in [0.05, 0.1) is 24.0 Å². The molecule has 0 spiro atoms. The second-order valence-corrected chi connectivity index (χ2v) is 9.37. The van der Waals surface area contributed by atoms with Gasteiger partial charge in [0.25, 0.3) is 5.56 Å². The number of fused-ring (bicyclic) bond motifs is 1. The van der Waals surface area contributed by atoms with Crippen LogP contribution in [0.2, 0.25) is 0 Å². The van der Waals surface area contributed by atoms with Crippen molar-refractivity contribution in [3.8, 4) is 21.7 Å². The number of nitrogens with one attached hydrogen (secondary N) is 1. The van der Waals surface area contributed by atoms with E-state index in [4.69, 9.17) is 0 Å². The number of aromatic nitrogens is 4. The molecular weight excluding hydrogens is 450 g/mol. The van der Waals surface area contributed by atoms with E-state index in [1.807, 2.05) is 40.4 Å². The van der Waals surface area contributed by atoms with E-state index >= 15 is 0 Å². The van der Waals surface area contributed by atoms with Crippen LogP contribution < -0.4 is 10.9 Å². The van der Waals surface area contributed by atoms with Crippen molar-refractivity contribution in [2.45, 2.75) is 13.1 Å². The third-order valence-electron chi connectivity index (χ3n) is 4.63. The number of amides is 1. The van der Waals surface area contributed by atoms with Crippen molar-refractivity contribution in [2.24, 2.45) is 0 Å². The minimum absolute atomic E-state index is 0.0932. The van der Waals surface area contributed by atoms with Gasteiger partial charge in [-0.15, -0.1) is 34.0 Å². The van der Waals surface area contributed by atoms with Gasteiger partial charge in [-0.3, -0.25) is 19.1 Å². The molecule has 154 valence electrons. The molecule has 0 bridgehead atoms. The number of nitrogens with zero attached hydrogens (tertiary/aromatic N) is 4. The van der Waals surface area contributed by atoms with Gasteiger partial charge in [-0.1, -0.05) is 6.07 Å². The molecule has 0 aliphatic rings. The lowest BCUT2D eigenvalue weighted by atomic mass is 10.2. The molecule has 0 saturated heterocycles. The number of carbonyl (C=O) groups is 1. The topological polar surface area (TPSA) is 89.8 Å². The summed E-state index contributed by atoms with van der Waals surface area (Å²) in [5.74, 6) is -0.267. The molecule has 0 aliphatic carbocycles. The van der Waals surface area contributed by atoms with Gasteiger partial charge in [0.15, 0.2) is 0 Å². The lowest BCUT2D eigenvalue weighted by Gasteiger charge is -2.06. The van der Waals surface area contributed by atoms with Crippen molar-refractivity contribution in [1.29, 1.82) is 0 Å². The second kappa shape index (κ2) is 8.50. The zero-order chi connectivity index (χ0) is 21.2. The fourth-order valence-corrected chi connectivity index (χ4v) is 5.59. The van der Waals surface area contributed by atoms with Crippen molar-refractivity contribution >= 4 is 50.1 Å². The summed E-state index contributed by atoms with van der Waals surface area (Å²) in [6, 6.07) is 7.71. The summed E-state index contributed by atoms with van der Waals surface area (Å²) in [6.45, 7) is 0.210. The first-order valence-electron chi connectivity index (χ1n) is 9.31. The SMILES string of the molecule is O=C(Cn1cnc2scc(-c3cccs3)c2c1=O)NCc1nc(-c2ccncc2)cs1. The number of thiazole rings is 1. The maximum Gasteiger partial charge on any atom is 0.263 e. The molecule has 31 heavy (non-hydrogen) atoms. The Kier molecular flexibility index (Phi) is 5.41. The van der Waals surface area contributed by atoms with Crippen molar-refractivity contribution in [1.82, 2.24) is 24.8 Å². The molecular formula is C21H15N5O2S3. The molecule has 0 unspecified atom stereocenters. The highest BCUT2D eigenvalue weighted by Crippen LogP contribution is 2.33. The van der Waals surface area contributed by atoms with Gasteiger partial charge in [-0.25, -0.2) is 9.97 Å². The minimum Gasteiger partial charge on any atom is -0.348 e. The first-order valence-corrected chi connectivity index (χ1v) is 11.9. The maximum atomic E-state index is 13.0. The zero-order valence-electron chi connectivity index (χ0n) is 16.0. The normalized spacial score (nSPS) is 11.1. The number of hydrogen-bond acceptors (Lipinski definition) is 8.